The average molecular weight is 399 g/mol. The van der Waals surface area contributed by atoms with Crippen molar-refractivity contribution in [3.05, 3.63) is 63.6 Å². The Bertz CT molecular complexity index is 849. The van der Waals surface area contributed by atoms with Gasteiger partial charge >= 0.3 is 0 Å². The van der Waals surface area contributed by atoms with E-state index in [9.17, 15) is 8.42 Å². The Morgan fingerprint density at radius 2 is 1.56 bits per heavy atom. The molecule has 3 rings (SSSR count). The topological polar surface area (TPSA) is 40.6 Å². The lowest BCUT2D eigenvalue weighted by Crippen LogP contribution is -2.48. The van der Waals surface area contributed by atoms with Crippen molar-refractivity contribution < 1.29 is 8.42 Å². The molecule has 0 radical (unpaired) electrons. The molecule has 2 aromatic carbocycles. The van der Waals surface area contributed by atoms with E-state index in [4.69, 9.17) is 23.2 Å². The highest BCUT2D eigenvalue weighted by molar-refractivity contribution is 7.89. The highest BCUT2D eigenvalue weighted by atomic mass is 35.5. The highest BCUT2D eigenvalue weighted by Crippen LogP contribution is 2.30. The summed E-state index contributed by atoms with van der Waals surface area (Å²) in [4.78, 5) is 2.50. The minimum atomic E-state index is -3.56. The van der Waals surface area contributed by atoms with Crippen LogP contribution in [0, 0.1) is 6.92 Å². The maximum atomic E-state index is 12.9. The average Bonchev–Trinajstić information content (AvgIpc) is 2.59. The summed E-state index contributed by atoms with van der Waals surface area (Å²) >= 11 is 12.0. The highest BCUT2D eigenvalue weighted by Gasteiger charge is 2.30. The predicted molar refractivity (Wildman–Crippen MR) is 102 cm³/mol. The SMILES string of the molecule is Cc1cc(Cl)c(Cl)cc1S(=O)(=O)N1CCN(Cc2ccccc2)CC1. The fourth-order valence-electron chi connectivity index (χ4n) is 3.01. The van der Waals surface area contributed by atoms with Gasteiger partial charge in [0.05, 0.1) is 14.9 Å². The molecular weight excluding hydrogens is 379 g/mol. The maximum Gasteiger partial charge on any atom is 0.243 e. The standard InChI is InChI=1S/C18H20Cl2N2O2S/c1-14-11-16(19)17(20)12-18(14)25(23,24)22-9-7-21(8-10-22)13-15-5-3-2-4-6-15/h2-6,11-12H,7-10,13H2,1H3. The Kier molecular flexibility index (Phi) is 5.71. The number of halogens is 2. The molecule has 0 saturated carbocycles. The number of piperazine rings is 1. The Labute approximate surface area is 159 Å². The van der Waals surface area contributed by atoms with Gasteiger partial charge in [-0.05, 0) is 30.2 Å². The lowest BCUT2D eigenvalue weighted by Gasteiger charge is -2.34. The maximum absolute atomic E-state index is 12.9. The number of hydrogen-bond acceptors (Lipinski definition) is 3. The van der Waals surface area contributed by atoms with Crippen molar-refractivity contribution in [1.29, 1.82) is 0 Å². The third-order valence-electron chi connectivity index (χ3n) is 4.42. The summed E-state index contributed by atoms with van der Waals surface area (Å²) in [7, 11) is -3.56. The molecule has 0 unspecified atom stereocenters. The van der Waals surface area contributed by atoms with E-state index >= 15 is 0 Å². The van der Waals surface area contributed by atoms with Gasteiger partial charge in [0.25, 0.3) is 0 Å². The molecule has 0 amide bonds. The Morgan fingerprint density at radius 1 is 0.960 bits per heavy atom. The lowest BCUT2D eigenvalue weighted by atomic mass is 10.2. The zero-order chi connectivity index (χ0) is 18.0. The number of benzene rings is 2. The Balaban J connectivity index is 1.71. The monoisotopic (exact) mass is 398 g/mol. The summed E-state index contributed by atoms with van der Waals surface area (Å²) in [5.41, 5.74) is 1.85. The minimum Gasteiger partial charge on any atom is -0.296 e. The molecule has 0 spiro atoms. The molecule has 1 fully saturated rings. The fourth-order valence-corrected chi connectivity index (χ4v) is 5.12. The van der Waals surface area contributed by atoms with Crippen LogP contribution in [0.15, 0.2) is 47.4 Å². The summed E-state index contributed by atoms with van der Waals surface area (Å²) < 4.78 is 27.4. The Hall–Kier alpha value is -1.11. The van der Waals surface area contributed by atoms with Crippen LogP contribution in [-0.2, 0) is 16.6 Å². The fraction of sp³-hybridized carbons (Fsp3) is 0.333. The molecule has 7 heteroatoms. The third kappa shape index (κ3) is 4.18. The minimum absolute atomic E-state index is 0.235. The van der Waals surface area contributed by atoms with Crippen LogP contribution in [0.5, 0.6) is 0 Å². The molecule has 0 N–H and O–H groups in total. The van der Waals surface area contributed by atoms with Gasteiger partial charge < -0.3 is 0 Å². The van der Waals surface area contributed by atoms with Crippen LogP contribution < -0.4 is 0 Å². The van der Waals surface area contributed by atoms with Crippen LogP contribution in [0.4, 0.5) is 0 Å². The zero-order valence-electron chi connectivity index (χ0n) is 14.0. The molecule has 1 aliphatic rings. The smallest absolute Gasteiger partial charge is 0.243 e. The van der Waals surface area contributed by atoms with Crippen LogP contribution in [0.1, 0.15) is 11.1 Å². The summed E-state index contributed by atoms with van der Waals surface area (Å²) in [6.07, 6.45) is 0. The first kappa shape index (κ1) is 18.7. The van der Waals surface area contributed by atoms with Crippen molar-refractivity contribution >= 4 is 33.2 Å². The van der Waals surface area contributed by atoms with Crippen LogP contribution in [0.25, 0.3) is 0 Å². The number of aryl methyl sites for hydroxylation is 1. The molecule has 1 aliphatic heterocycles. The van der Waals surface area contributed by atoms with Gasteiger partial charge in [0, 0.05) is 32.7 Å². The Morgan fingerprint density at radius 3 is 2.20 bits per heavy atom. The summed E-state index contributed by atoms with van der Waals surface area (Å²) in [6.45, 7) is 4.91. The van der Waals surface area contributed by atoms with Crippen molar-refractivity contribution in [3.8, 4) is 0 Å². The molecule has 2 aromatic rings. The van der Waals surface area contributed by atoms with E-state index in [1.54, 1.807) is 13.0 Å². The van der Waals surface area contributed by atoms with E-state index in [0.29, 0.717) is 36.8 Å². The van der Waals surface area contributed by atoms with E-state index in [-0.39, 0.29) is 9.92 Å². The van der Waals surface area contributed by atoms with Gasteiger partial charge in [0.15, 0.2) is 0 Å². The van der Waals surface area contributed by atoms with E-state index in [0.717, 1.165) is 6.54 Å². The van der Waals surface area contributed by atoms with Gasteiger partial charge in [-0.15, -0.1) is 0 Å². The van der Waals surface area contributed by atoms with Crippen molar-refractivity contribution in [2.45, 2.75) is 18.4 Å². The van der Waals surface area contributed by atoms with Gasteiger partial charge in [-0.25, -0.2) is 8.42 Å². The van der Waals surface area contributed by atoms with Crippen molar-refractivity contribution in [2.75, 3.05) is 26.2 Å². The molecule has 0 bridgehead atoms. The number of sulfonamides is 1. The second kappa shape index (κ2) is 7.64. The molecule has 25 heavy (non-hydrogen) atoms. The largest absolute Gasteiger partial charge is 0.296 e. The van der Waals surface area contributed by atoms with Gasteiger partial charge in [0.2, 0.25) is 10.0 Å². The first-order chi connectivity index (χ1) is 11.9. The molecule has 0 atom stereocenters. The van der Waals surface area contributed by atoms with Crippen LogP contribution in [-0.4, -0.2) is 43.8 Å². The first-order valence-corrected chi connectivity index (χ1v) is 10.3. The number of hydrogen-bond donors (Lipinski definition) is 0. The lowest BCUT2D eigenvalue weighted by molar-refractivity contribution is 0.181. The van der Waals surface area contributed by atoms with Gasteiger partial charge in [-0.1, -0.05) is 53.5 Å². The molecule has 1 saturated heterocycles. The molecule has 1 heterocycles. The third-order valence-corrected chi connectivity index (χ3v) is 7.18. The molecule has 0 aliphatic carbocycles. The molecular formula is C18H20Cl2N2O2S. The normalized spacial score (nSPS) is 16.9. The van der Waals surface area contributed by atoms with Gasteiger partial charge in [-0.3, -0.25) is 4.90 Å². The predicted octanol–water partition coefficient (Wildman–Crippen LogP) is 3.81. The van der Waals surface area contributed by atoms with Crippen LogP contribution >= 0.6 is 23.2 Å². The summed E-state index contributed by atoms with van der Waals surface area (Å²) in [5.74, 6) is 0. The summed E-state index contributed by atoms with van der Waals surface area (Å²) in [5, 5.41) is 0.624. The molecule has 134 valence electrons. The van der Waals surface area contributed by atoms with E-state index in [1.807, 2.05) is 18.2 Å². The van der Waals surface area contributed by atoms with E-state index in [2.05, 4.69) is 17.0 Å². The molecule has 4 nitrogen and oxygen atoms in total. The summed E-state index contributed by atoms with van der Waals surface area (Å²) in [6, 6.07) is 13.2. The zero-order valence-corrected chi connectivity index (χ0v) is 16.3. The van der Waals surface area contributed by atoms with Gasteiger partial charge in [-0.2, -0.15) is 4.31 Å². The van der Waals surface area contributed by atoms with E-state index < -0.39 is 10.0 Å². The number of rotatable bonds is 4. The molecule has 0 aromatic heterocycles. The second-order valence-electron chi connectivity index (χ2n) is 6.20. The second-order valence-corrected chi connectivity index (χ2v) is 8.92. The van der Waals surface area contributed by atoms with Crippen molar-refractivity contribution in [1.82, 2.24) is 9.21 Å². The van der Waals surface area contributed by atoms with Gasteiger partial charge in [0.1, 0.15) is 0 Å². The van der Waals surface area contributed by atoms with Crippen molar-refractivity contribution in [2.24, 2.45) is 0 Å². The number of nitrogens with zero attached hydrogens (tertiary/aromatic N) is 2. The first-order valence-electron chi connectivity index (χ1n) is 8.10. The van der Waals surface area contributed by atoms with Crippen LogP contribution in [0.2, 0.25) is 10.0 Å². The van der Waals surface area contributed by atoms with Crippen LogP contribution in [0.3, 0.4) is 0 Å². The van der Waals surface area contributed by atoms with E-state index in [1.165, 1.54) is 15.9 Å². The quantitative estimate of drug-likeness (QED) is 0.785. The van der Waals surface area contributed by atoms with Crippen molar-refractivity contribution in [3.63, 3.8) is 0 Å².